The Kier molecular flexibility index (Phi) is 3.17. The Hall–Kier alpha value is -3.40. The van der Waals surface area contributed by atoms with Crippen molar-refractivity contribution < 1.29 is 9.59 Å². The maximum Gasteiger partial charge on any atom is 0.196 e. The van der Waals surface area contributed by atoms with Gasteiger partial charge in [-0.2, -0.15) is 0 Å². The zero-order chi connectivity index (χ0) is 16.7. The number of hydrogen-bond donors (Lipinski definition) is 2. The lowest BCUT2D eigenvalue weighted by Crippen LogP contribution is -2.22. The van der Waals surface area contributed by atoms with E-state index in [0.29, 0.717) is 33.6 Å². The largest absolute Gasteiger partial charge is 0.399 e. The van der Waals surface area contributed by atoms with Crippen LogP contribution in [0.4, 0.5) is 17.1 Å². The van der Waals surface area contributed by atoms with Crippen LogP contribution in [0.3, 0.4) is 0 Å². The Labute approximate surface area is 138 Å². The Balaban J connectivity index is 1.85. The summed E-state index contributed by atoms with van der Waals surface area (Å²) in [5, 5.41) is 3.20. The number of rotatable bonds is 2. The minimum atomic E-state index is -0.146. The highest BCUT2D eigenvalue weighted by Crippen LogP contribution is 2.33. The number of fused-ring (bicyclic) bond motifs is 2. The molecule has 4 nitrogen and oxygen atoms in total. The number of nitrogens with one attached hydrogen (secondary N) is 1. The number of carbonyl (C=O) groups is 2. The first-order valence-electron chi connectivity index (χ1n) is 7.59. The average Bonchev–Trinajstić information content (AvgIpc) is 2.60. The molecule has 0 aromatic heterocycles. The number of nitrogen functional groups attached to an aromatic ring is 1. The van der Waals surface area contributed by atoms with Gasteiger partial charge in [0.05, 0.1) is 11.3 Å². The van der Waals surface area contributed by atoms with E-state index in [-0.39, 0.29) is 11.6 Å². The molecule has 4 rings (SSSR count). The van der Waals surface area contributed by atoms with Gasteiger partial charge in [0.2, 0.25) is 0 Å². The van der Waals surface area contributed by atoms with Gasteiger partial charge in [0.15, 0.2) is 11.6 Å². The van der Waals surface area contributed by atoms with Crippen LogP contribution in [0.5, 0.6) is 0 Å². The van der Waals surface area contributed by atoms with Crippen molar-refractivity contribution in [3.63, 3.8) is 0 Å². The van der Waals surface area contributed by atoms with E-state index < -0.39 is 0 Å². The lowest BCUT2D eigenvalue weighted by Gasteiger charge is -2.20. The summed E-state index contributed by atoms with van der Waals surface area (Å²) in [5.74, 6) is -0.274. The quantitative estimate of drug-likeness (QED) is 0.552. The van der Waals surface area contributed by atoms with Gasteiger partial charge >= 0.3 is 0 Å². The zero-order valence-electron chi connectivity index (χ0n) is 12.7. The number of ketones is 2. The molecule has 0 heterocycles. The molecule has 0 fully saturated rings. The van der Waals surface area contributed by atoms with E-state index in [1.165, 1.54) is 0 Å². The monoisotopic (exact) mass is 314 g/mol. The van der Waals surface area contributed by atoms with Crippen LogP contribution in [-0.4, -0.2) is 11.6 Å². The predicted octanol–water partition coefficient (Wildman–Crippen LogP) is 3.79. The van der Waals surface area contributed by atoms with Gasteiger partial charge in [-0.25, -0.2) is 0 Å². The van der Waals surface area contributed by atoms with Crippen molar-refractivity contribution in [3.05, 3.63) is 89.0 Å². The first-order chi connectivity index (χ1) is 11.6. The highest BCUT2D eigenvalue weighted by atomic mass is 16.1. The van der Waals surface area contributed by atoms with E-state index in [2.05, 4.69) is 5.32 Å². The fraction of sp³-hybridized carbons (Fsp3) is 0. The third kappa shape index (κ3) is 2.16. The minimum absolute atomic E-state index is 0.128. The Morgan fingerprint density at radius 2 is 1.38 bits per heavy atom. The topological polar surface area (TPSA) is 72.2 Å². The van der Waals surface area contributed by atoms with Crippen LogP contribution in [-0.2, 0) is 0 Å². The number of carbonyl (C=O) groups excluding carboxylic acids is 2. The molecule has 4 heteroatoms. The summed E-state index contributed by atoms with van der Waals surface area (Å²) in [6, 6.07) is 19.4. The van der Waals surface area contributed by atoms with Crippen LogP contribution in [0, 0.1) is 0 Å². The third-order valence-electron chi connectivity index (χ3n) is 4.12. The standard InChI is InChI=1S/C20H14N2O2/c21-12-5-3-6-13(11-12)22-17-10-4-9-16-18(17)20(24)15-8-2-1-7-14(15)19(16)23/h1-11,22H,21H2. The van der Waals surface area contributed by atoms with Crippen LogP contribution >= 0.6 is 0 Å². The van der Waals surface area contributed by atoms with E-state index in [1.807, 2.05) is 12.1 Å². The fourth-order valence-electron chi connectivity index (χ4n) is 3.02. The van der Waals surface area contributed by atoms with Crippen LogP contribution in [0.2, 0.25) is 0 Å². The molecule has 0 aliphatic heterocycles. The van der Waals surface area contributed by atoms with Crippen molar-refractivity contribution in [2.24, 2.45) is 0 Å². The Morgan fingerprint density at radius 3 is 2.12 bits per heavy atom. The van der Waals surface area contributed by atoms with Gasteiger partial charge in [-0.3, -0.25) is 9.59 Å². The normalized spacial score (nSPS) is 12.5. The molecule has 1 aliphatic rings. The van der Waals surface area contributed by atoms with Gasteiger partial charge in [-0.15, -0.1) is 0 Å². The summed E-state index contributed by atoms with van der Waals surface area (Å²) in [5.41, 5.74) is 9.52. The van der Waals surface area contributed by atoms with Crippen LogP contribution in [0.25, 0.3) is 0 Å². The van der Waals surface area contributed by atoms with Crippen LogP contribution in [0.15, 0.2) is 66.7 Å². The van der Waals surface area contributed by atoms with Gasteiger partial charge in [0.25, 0.3) is 0 Å². The molecule has 24 heavy (non-hydrogen) atoms. The van der Waals surface area contributed by atoms with E-state index in [4.69, 9.17) is 5.73 Å². The number of benzene rings is 3. The third-order valence-corrected chi connectivity index (χ3v) is 4.12. The molecule has 0 amide bonds. The molecular formula is C20H14N2O2. The molecule has 0 saturated heterocycles. The van der Waals surface area contributed by atoms with Crippen LogP contribution < -0.4 is 11.1 Å². The molecule has 116 valence electrons. The zero-order valence-corrected chi connectivity index (χ0v) is 12.7. The maximum atomic E-state index is 12.9. The Bertz CT molecular complexity index is 992. The molecule has 3 aromatic carbocycles. The second-order valence-electron chi connectivity index (χ2n) is 5.68. The lowest BCUT2D eigenvalue weighted by atomic mass is 9.83. The second-order valence-corrected chi connectivity index (χ2v) is 5.68. The molecule has 0 bridgehead atoms. The summed E-state index contributed by atoms with van der Waals surface area (Å²) >= 11 is 0. The Morgan fingerprint density at radius 1 is 0.708 bits per heavy atom. The number of anilines is 3. The molecule has 0 atom stereocenters. The second kappa shape index (κ2) is 5.35. The molecule has 3 aromatic rings. The molecule has 0 spiro atoms. The molecule has 1 aliphatic carbocycles. The number of hydrogen-bond acceptors (Lipinski definition) is 4. The smallest absolute Gasteiger partial charge is 0.196 e. The molecule has 0 saturated carbocycles. The van der Waals surface area contributed by atoms with E-state index in [9.17, 15) is 9.59 Å². The lowest BCUT2D eigenvalue weighted by molar-refractivity contribution is 0.0979. The fourth-order valence-corrected chi connectivity index (χ4v) is 3.02. The molecule has 0 radical (unpaired) electrons. The molecule has 3 N–H and O–H groups in total. The van der Waals surface area contributed by atoms with E-state index in [0.717, 1.165) is 5.69 Å². The molecule has 0 unspecified atom stereocenters. The van der Waals surface area contributed by atoms with E-state index >= 15 is 0 Å². The van der Waals surface area contributed by atoms with Crippen molar-refractivity contribution in [1.82, 2.24) is 0 Å². The number of nitrogens with two attached hydrogens (primary N) is 1. The summed E-state index contributed by atoms with van der Waals surface area (Å²) in [7, 11) is 0. The van der Waals surface area contributed by atoms with Crippen molar-refractivity contribution in [3.8, 4) is 0 Å². The molecular weight excluding hydrogens is 300 g/mol. The van der Waals surface area contributed by atoms with Gasteiger partial charge in [-0.05, 0) is 24.3 Å². The average molecular weight is 314 g/mol. The van der Waals surface area contributed by atoms with Crippen molar-refractivity contribution in [2.45, 2.75) is 0 Å². The van der Waals surface area contributed by atoms with Crippen molar-refractivity contribution in [1.29, 1.82) is 0 Å². The maximum absolute atomic E-state index is 12.9. The summed E-state index contributed by atoms with van der Waals surface area (Å²) < 4.78 is 0. The summed E-state index contributed by atoms with van der Waals surface area (Å²) in [4.78, 5) is 25.6. The van der Waals surface area contributed by atoms with Gasteiger partial charge in [-0.1, -0.05) is 42.5 Å². The predicted molar refractivity (Wildman–Crippen MR) is 93.9 cm³/mol. The first-order valence-corrected chi connectivity index (χ1v) is 7.59. The first kappa shape index (κ1) is 14.2. The van der Waals surface area contributed by atoms with Gasteiger partial charge in [0, 0.05) is 28.1 Å². The van der Waals surface area contributed by atoms with Crippen molar-refractivity contribution in [2.75, 3.05) is 11.1 Å². The highest BCUT2D eigenvalue weighted by Gasteiger charge is 2.31. The highest BCUT2D eigenvalue weighted by molar-refractivity contribution is 6.30. The van der Waals surface area contributed by atoms with Gasteiger partial charge < -0.3 is 11.1 Å². The van der Waals surface area contributed by atoms with E-state index in [1.54, 1.807) is 54.6 Å². The summed E-state index contributed by atoms with van der Waals surface area (Å²) in [6.07, 6.45) is 0. The summed E-state index contributed by atoms with van der Waals surface area (Å²) in [6.45, 7) is 0. The SMILES string of the molecule is Nc1cccc(Nc2cccc3c2C(=O)c2ccccc2C3=O)c1. The van der Waals surface area contributed by atoms with Crippen molar-refractivity contribution >= 4 is 28.6 Å². The van der Waals surface area contributed by atoms with Gasteiger partial charge in [0.1, 0.15) is 0 Å². The minimum Gasteiger partial charge on any atom is -0.399 e. The van der Waals surface area contributed by atoms with Crippen LogP contribution in [0.1, 0.15) is 31.8 Å².